The summed E-state index contributed by atoms with van der Waals surface area (Å²) in [6.45, 7) is 14.5. The van der Waals surface area contributed by atoms with E-state index in [1.165, 1.54) is 19.6 Å². The van der Waals surface area contributed by atoms with Gasteiger partial charge in [0.1, 0.15) is 39.8 Å². The molecule has 2 atom stereocenters. The second kappa shape index (κ2) is 14.6. The van der Waals surface area contributed by atoms with Gasteiger partial charge in [-0.2, -0.15) is 0 Å². The summed E-state index contributed by atoms with van der Waals surface area (Å²) in [6.07, 6.45) is 7.47. The van der Waals surface area contributed by atoms with Crippen molar-refractivity contribution in [1.29, 1.82) is 0 Å². The molecule has 2 heterocycles. The zero-order valence-corrected chi connectivity index (χ0v) is 31.0. The van der Waals surface area contributed by atoms with Gasteiger partial charge in [0.25, 0.3) is 5.91 Å². The zero-order chi connectivity index (χ0) is 36.4. The molecule has 1 aromatic heterocycles. The fourth-order valence-corrected chi connectivity index (χ4v) is 7.48. The maximum atomic E-state index is 14.0. The third-order valence-electron chi connectivity index (χ3n) is 10.8. The van der Waals surface area contributed by atoms with Gasteiger partial charge in [0, 0.05) is 42.2 Å². The normalized spacial score (nSPS) is 18.5. The number of hydrogen-bond donors (Lipinski definition) is 1. The van der Waals surface area contributed by atoms with E-state index in [9.17, 15) is 19.2 Å². The van der Waals surface area contributed by atoms with Crippen molar-refractivity contribution in [2.45, 2.75) is 123 Å². The van der Waals surface area contributed by atoms with Crippen molar-refractivity contribution in [3.05, 3.63) is 63.5 Å². The summed E-state index contributed by atoms with van der Waals surface area (Å²) in [7, 11) is 1.53. The van der Waals surface area contributed by atoms with Gasteiger partial charge in [-0.15, -0.1) is 0 Å². The predicted molar refractivity (Wildman–Crippen MR) is 193 cm³/mol. The lowest BCUT2D eigenvalue weighted by molar-refractivity contribution is -0.144. The highest BCUT2D eigenvalue weighted by molar-refractivity contribution is 5.96. The Morgan fingerprint density at radius 2 is 1.76 bits per heavy atom. The highest BCUT2D eigenvalue weighted by Gasteiger charge is 2.48. The number of carbonyl (C=O) groups excluding carboxylic acids is 3. The fraction of sp³-hybridized carbons (Fsp3) is 0.561. The molecular formula is C41H53NO8. The third kappa shape index (κ3) is 7.92. The molecule has 1 saturated carbocycles. The van der Waals surface area contributed by atoms with Crippen molar-refractivity contribution in [2.75, 3.05) is 13.7 Å². The van der Waals surface area contributed by atoms with E-state index in [4.69, 9.17) is 18.6 Å². The number of hydrogen-bond acceptors (Lipinski definition) is 8. The second-order valence-corrected chi connectivity index (χ2v) is 15.9. The monoisotopic (exact) mass is 687 g/mol. The minimum absolute atomic E-state index is 0.107. The summed E-state index contributed by atoms with van der Waals surface area (Å²) in [4.78, 5) is 52.4. The van der Waals surface area contributed by atoms with Crippen LogP contribution in [0.3, 0.4) is 0 Å². The maximum absolute atomic E-state index is 14.0. The summed E-state index contributed by atoms with van der Waals surface area (Å²) >= 11 is 0. The number of Topliss-reactive ketones (excluding diaryl/α,β-unsaturated/α-hetero) is 1. The zero-order valence-electron chi connectivity index (χ0n) is 31.0. The van der Waals surface area contributed by atoms with Gasteiger partial charge in [0.05, 0.1) is 12.5 Å². The van der Waals surface area contributed by atoms with Crippen LogP contribution in [-0.2, 0) is 15.0 Å². The van der Waals surface area contributed by atoms with Gasteiger partial charge in [-0.25, -0.2) is 4.79 Å². The Morgan fingerprint density at radius 1 is 1.00 bits per heavy atom. The largest absolute Gasteiger partial charge is 0.497 e. The molecule has 0 spiro atoms. The number of carbonyl (C=O) groups is 3. The molecule has 0 bridgehead atoms. The van der Waals surface area contributed by atoms with E-state index in [0.29, 0.717) is 41.1 Å². The Labute approximate surface area is 295 Å². The van der Waals surface area contributed by atoms with Gasteiger partial charge >= 0.3 is 11.6 Å². The van der Waals surface area contributed by atoms with Crippen LogP contribution in [-0.4, -0.2) is 36.9 Å². The number of benzene rings is 2. The van der Waals surface area contributed by atoms with Crippen LogP contribution < -0.4 is 25.2 Å². The topological polar surface area (TPSA) is 121 Å². The lowest BCUT2D eigenvalue weighted by atomic mass is 9.66. The molecule has 50 heavy (non-hydrogen) atoms. The third-order valence-corrected chi connectivity index (χ3v) is 10.8. The minimum Gasteiger partial charge on any atom is -0.497 e. The van der Waals surface area contributed by atoms with Gasteiger partial charge in [0.2, 0.25) is 0 Å². The number of fused-ring (bicyclic) bond motifs is 4. The molecule has 0 radical (unpaired) electrons. The maximum Gasteiger partial charge on any atom is 0.349 e. The molecule has 9 heteroatoms. The molecule has 0 saturated heterocycles. The average molecular weight is 688 g/mol. The van der Waals surface area contributed by atoms with Crippen molar-refractivity contribution in [2.24, 2.45) is 11.3 Å². The SMILES string of the molecule is CCCCCCC(C)(C)c1cc(OC(=O)C(C)(C)CCNC(=O)c2cc3cc(OC)ccc3oc2=O)c2c(c1)OC(C)(C)C1CCC(=O)CC21. The Balaban J connectivity index is 1.37. The Bertz CT molecular complexity index is 1820. The minimum atomic E-state index is -0.996. The van der Waals surface area contributed by atoms with E-state index in [0.717, 1.165) is 43.2 Å². The standard InChI is InChI=1S/C41H53NO8/c1-9-10-11-12-17-39(2,3)26-22-33(35-29-24-27(43)13-15-31(29)41(6,7)50-34(35)23-26)49-38(46)40(4,5)18-19-42-36(44)30-21-25-20-28(47-8)14-16-32(25)48-37(30)45/h14,16,20-23,29,31H,9-13,15,17-19,24H2,1-8H3,(H,42,44). The van der Waals surface area contributed by atoms with E-state index in [2.05, 4.69) is 46.0 Å². The van der Waals surface area contributed by atoms with Crippen molar-refractivity contribution in [1.82, 2.24) is 5.32 Å². The van der Waals surface area contributed by atoms with E-state index in [1.54, 1.807) is 32.0 Å². The second-order valence-electron chi connectivity index (χ2n) is 15.9. The van der Waals surface area contributed by atoms with E-state index >= 15 is 0 Å². The lowest BCUT2D eigenvalue weighted by Gasteiger charge is -2.47. The van der Waals surface area contributed by atoms with Crippen LogP contribution in [0.2, 0.25) is 0 Å². The fourth-order valence-electron chi connectivity index (χ4n) is 7.48. The van der Waals surface area contributed by atoms with Crippen LogP contribution in [0.5, 0.6) is 17.2 Å². The molecule has 1 amide bonds. The van der Waals surface area contributed by atoms with Gasteiger partial charge in [-0.05, 0) is 94.3 Å². The first-order chi connectivity index (χ1) is 23.6. The average Bonchev–Trinajstić information content (AvgIpc) is 3.05. The highest BCUT2D eigenvalue weighted by Crippen LogP contribution is 2.55. The molecule has 1 fully saturated rings. The molecule has 2 aliphatic rings. The van der Waals surface area contributed by atoms with Gasteiger partial charge in [0.15, 0.2) is 0 Å². The summed E-state index contributed by atoms with van der Waals surface area (Å²) in [5, 5.41) is 3.33. The van der Waals surface area contributed by atoms with Crippen LogP contribution in [0.15, 0.2) is 45.6 Å². The number of ketones is 1. The van der Waals surface area contributed by atoms with Crippen LogP contribution in [0.25, 0.3) is 11.0 Å². The number of nitrogens with one attached hydrogen (secondary N) is 1. The first-order valence-corrected chi connectivity index (χ1v) is 18.1. The predicted octanol–water partition coefficient (Wildman–Crippen LogP) is 8.43. The van der Waals surface area contributed by atoms with Crippen molar-refractivity contribution in [3.63, 3.8) is 0 Å². The molecule has 270 valence electrons. The molecule has 3 aromatic rings. The molecule has 9 nitrogen and oxygen atoms in total. The number of methoxy groups -OCH3 is 1. The van der Waals surface area contributed by atoms with Crippen molar-refractivity contribution in [3.8, 4) is 17.2 Å². The van der Waals surface area contributed by atoms with Crippen molar-refractivity contribution >= 4 is 28.6 Å². The van der Waals surface area contributed by atoms with Crippen LogP contribution in [0.4, 0.5) is 0 Å². The molecule has 2 aromatic carbocycles. The van der Waals surface area contributed by atoms with Gasteiger partial charge in [-0.1, -0.05) is 46.5 Å². The summed E-state index contributed by atoms with van der Waals surface area (Å²) in [5.41, 5.74) is -0.377. The quantitative estimate of drug-likeness (QED) is 0.0823. The lowest BCUT2D eigenvalue weighted by Crippen LogP contribution is -2.47. The summed E-state index contributed by atoms with van der Waals surface area (Å²) < 4.78 is 23.6. The molecule has 1 aliphatic heterocycles. The van der Waals surface area contributed by atoms with Crippen LogP contribution in [0.1, 0.15) is 134 Å². The number of amides is 1. The first kappa shape index (κ1) is 37.1. The first-order valence-electron chi connectivity index (χ1n) is 18.1. The van der Waals surface area contributed by atoms with Gasteiger partial charge in [-0.3, -0.25) is 14.4 Å². The molecule has 5 rings (SSSR count). The summed E-state index contributed by atoms with van der Waals surface area (Å²) in [5.74, 6) is 0.862. The molecule has 2 unspecified atom stereocenters. The van der Waals surface area contributed by atoms with E-state index in [-0.39, 0.29) is 41.6 Å². The van der Waals surface area contributed by atoms with E-state index in [1.807, 2.05) is 6.07 Å². The number of esters is 1. The van der Waals surface area contributed by atoms with Gasteiger partial charge < -0.3 is 23.9 Å². The Hall–Kier alpha value is -4.14. The molecule has 1 N–H and O–H groups in total. The molecular weight excluding hydrogens is 634 g/mol. The molecule has 1 aliphatic carbocycles. The van der Waals surface area contributed by atoms with E-state index < -0.39 is 28.5 Å². The van der Waals surface area contributed by atoms with Crippen molar-refractivity contribution < 1.29 is 33.0 Å². The highest BCUT2D eigenvalue weighted by atomic mass is 16.5. The number of unbranched alkanes of at least 4 members (excludes halogenated alkanes) is 3. The smallest absolute Gasteiger partial charge is 0.349 e. The van der Waals surface area contributed by atoms with Crippen LogP contribution >= 0.6 is 0 Å². The van der Waals surface area contributed by atoms with Crippen LogP contribution in [0, 0.1) is 11.3 Å². The number of rotatable bonds is 13. The Morgan fingerprint density at radius 3 is 2.48 bits per heavy atom. The number of ether oxygens (including phenoxy) is 3. The Kier molecular flexibility index (Phi) is 10.8. The summed E-state index contributed by atoms with van der Waals surface area (Å²) in [6, 6.07) is 10.5.